The fourth-order valence-electron chi connectivity index (χ4n) is 8.64. The minimum atomic E-state index is -0.435. The molecule has 0 aromatic carbocycles. The Labute approximate surface area is 183 Å². The van der Waals surface area contributed by atoms with Gasteiger partial charge in [0.2, 0.25) is 0 Å². The van der Waals surface area contributed by atoms with E-state index in [2.05, 4.69) is 58.9 Å². The standard InChI is InChI=1S/C27H42O3/c1-6-18(2)7-8-19(3)21-9-10-22-24(21,4)13-12-23-25(5)14-11-20(28)17-26(25)15-16-27(22,23)30-29-26/h7-8,15-16,18-23,28H,6,9-14,17H2,1-5H3. The van der Waals surface area contributed by atoms with Crippen LogP contribution in [0.5, 0.6) is 0 Å². The lowest BCUT2D eigenvalue weighted by Crippen LogP contribution is -2.73. The van der Waals surface area contributed by atoms with Gasteiger partial charge in [0.25, 0.3) is 0 Å². The van der Waals surface area contributed by atoms with Crippen molar-refractivity contribution in [3.8, 4) is 0 Å². The number of hydrogen-bond donors (Lipinski definition) is 1. The third-order valence-electron chi connectivity index (χ3n) is 10.7. The van der Waals surface area contributed by atoms with Gasteiger partial charge in [-0.1, -0.05) is 59.3 Å². The topological polar surface area (TPSA) is 38.7 Å². The Balaban J connectivity index is 1.47. The average molecular weight is 415 g/mol. The predicted octanol–water partition coefficient (Wildman–Crippen LogP) is 6.23. The monoisotopic (exact) mass is 414 g/mol. The zero-order valence-corrected chi connectivity index (χ0v) is 19.7. The van der Waals surface area contributed by atoms with E-state index < -0.39 is 5.60 Å². The van der Waals surface area contributed by atoms with Gasteiger partial charge in [0, 0.05) is 23.7 Å². The van der Waals surface area contributed by atoms with E-state index in [9.17, 15) is 5.11 Å². The molecule has 0 aromatic rings. The highest BCUT2D eigenvalue weighted by atomic mass is 17.2. The number of allylic oxidation sites excluding steroid dienone is 2. The Hall–Kier alpha value is -0.640. The highest BCUT2D eigenvalue weighted by Gasteiger charge is 2.74. The predicted molar refractivity (Wildman–Crippen MR) is 120 cm³/mol. The first-order chi connectivity index (χ1) is 14.2. The van der Waals surface area contributed by atoms with E-state index >= 15 is 0 Å². The Morgan fingerprint density at radius 2 is 1.80 bits per heavy atom. The molecule has 2 bridgehead atoms. The van der Waals surface area contributed by atoms with Gasteiger partial charge in [-0.2, -0.15) is 0 Å². The largest absolute Gasteiger partial charge is 0.393 e. The first kappa shape index (κ1) is 21.2. The van der Waals surface area contributed by atoms with Crippen molar-refractivity contribution in [3.63, 3.8) is 0 Å². The average Bonchev–Trinajstić information content (AvgIpc) is 3.09. The maximum Gasteiger partial charge on any atom is 0.130 e. The number of aliphatic hydroxyl groups is 1. The molecule has 6 aliphatic rings. The van der Waals surface area contributed by atoms with Crippen molar-refractivity contribution >= 4 is 0 Å². The summed E-state index contributed by atoms with van der Waals surface area (Å²) < 4.78 is 0. The number of rotatable bonds is 4. The maximum absolute atomic E-state index is 10.4. The summed E-state index contributed by atoms with van der Waals surface area (Å²) in [5, 5.41) is 10.4. The van der Waals surface area contributed by atoms with Gasteiger partial charge in [-0.3, -0.25) is 0 Å². The molecule has 30 heavy (non-hydrogen) atoms. The van der Waals surface area contributed by atoms with Crippen LogP contribution in [-0.2, 0) is 9.78 Å². The molecule has 2 heterocycles. The van der Waals surface area contributed by atoms with Crippen molar-refractivity contribution in [2.75, 3.05) is 0 Å². The minimum Gasteiger partial charge on any atom is -0.393 e. The molecular formula is C27H42O3. The van der Waals surface area contributed by atoms with Crippen LogP contribution >= 0.6 is 0 Å². The van der Waals surface area contributed by atoms with Crippen LogP contribution < -0.4 is 0 Å². The van der Waals surface area contributed by atoms with Crippen molar-refractivity contribution < 1.29 is 14.9 Å². The van der Waals surface area contributed by atoms with E-state index in [0.717, 1.165) is 12.8 Å². The number of fused-ring (bicyclic) bond motifs is 2. The van der Waals surface area contributed by atoms with Crippen molar-refractivity contribution in [3.05, 3.63) is 24.3 Å². The van der Waals surface area contributed by atoms with Gasteiger partial charge in [-0.25, -0.2) is 9.78 Å². The molecule has 0 amide bonds. The second-order valence-corrected chi connectivity index (χ2v) is 12.0. The smallest absolute Gasteiger partial charge is 0.130 e. The summed E-state index contributed by atoms with van der Waals surface area (Å²) >= 11 is 0. The first-order valence-electron chi connectivity index (χ1n) is 12.6. The molecule has 168 valence electrons. The SMILES string of the molecule is CCC(C)C=CC(C)C1CCC2C1(C)CCC1C23C=CC2(CC(O)CCC12C)OO3. The Morgan fingerprint density at radius 1 is 1.00 bits per heavy atom. The van der Waals surface area contributed by atoms with Crippen LogP contribution in [0.4, 0.5) is 0 Å². The zero-order valence-electron chi connectivity index (χ0n) is 19.7. The van der Waals surface area contributed by atoms with Gasteiger partial charge >= 0.3 is 0 Å². The van der Waals surface area contributed by atoms with Crippen molar-refractivity contribution in [2.45, 2.75) is 103 Å². The van der Waals surface area contributed by atoms with Crippen LogP contribution in [0.25, 0.3) is 0 Å². The number of aliphatic hydroxyl groups excluding tert-OH is 1. The first-order valence-corrected chi connectivity index (χ1v) is 12.6. The van der Waals surface area contributed by atoms with Crippen LogP contribution in [0.2, 0.25) is 0 Å². The fraction of sp³-hybridized carbons (Fsp3) is 0.852. The molecule has 1 N–H and O–H groups in total. The molecule has 10 unspecified atom stereocenters. The molecule has 4 aliphatic carbocycles. The van der Waals surface area contributed by atoms with Gasteiger partial charge in [0.05, 0.1) is 6.10 Å². The van der Waals surface area contributed by atoms with Gasteiger partial charge < -0.3 is 5.11 Å². The van der Waals surface area contributed by atoms with Gasteiger partial charge in [-0.05, 0) is 67.8 Å². The lowest BCUT2D eigenvalue weighted by molar-refractivity contribution is -0.497. The van der Waals surface area contributed by atoms with E-state index in [0.29, 0.717) is 41.4 Å². The second-order valence-electron chi connectivity index (χ2n) is 12.0. The minimum absolute atomic E-state index is 0.0702. The molecule has 3 nitrogen and oxygen atoms in total. The molecule has 3 heteroatoms. The van der Waals surface area contributed by atoms with Crippen LogP contribution in [0.15, 0.2) is 24.3 Å². The summed E-state index contributed by atoms with van der Waals surface area (Å²) in [7, 11) is 0. The van der Waals surface area contributed by atoms with E-state index in [1.165, 1.54) is 32.1 Å². The quantitative estimate of drug-likeness (QED) is 0.438. The number of hydrogen-bond acceptors (Lipinski definition) is 3. The summed E-state index contributed by atoms with van der Waals surface area (Å²) in [6, 6.07) is 0. The van der Waals surface area contributed by atoms with Crippen molar-refractivity contribution in [1.29, 1.82) is 0 Å². The van der Waals surface area contributed by atoms with Crippen molar-refractivity contribution in [1.82, 2.24) is 0 Å². The van der Waals surface area contributed by atoms with E-state index in [4.69, 9.17) is 9.78 Å². The highest BCUT2D eigenvalue weighted by molar-refractivity contribution is 5.33. The Kier molecular flexibility index (Phi) is 4.90. The van der Waals surface area contributed by atoms with Crippen LogP contribution in [0.1, 0.15) is 86.0 Å². The summed E-state index contributed by atoms with van der Waals surface area (Å²) in [4.78, 5) is 12.7. The summed E-state index contributed by atoms with van der Waals surface area (Å²) in [6.45, 7) is 12.0. The molecule has 0 radical (unpaired) electrons. The molecule has 4 fully saturated rings. The van der Waals surface area contributed by atoms with E-state index in [1.807, 2.05) is 0 Å². The summed E-state index contributed by atoms with van der Waals surface area (Å²) in [5.74, 6) is 3.01. The second kappa shape index (κ2) is 6.93. The maximum atomic E-state index is 10.4. The van der Waals surface area contributed by atoms with Crippen LogP contribution in [-0.4, -0.2) is 22.4 Å². The van der Waals surface area contributed by atoms with Crippen molar-refractivity contribution in [2.24, 2.45) is 40.4 Å². The normalized spacial score (nSPS) is 53.9. The molecule has 2 spiro atoms. The third kappa shape index (κ3) is 2.61. The Bertz CT molecular complexity index is 744. The lowest BCUT2D eigenvalue weighted by atomic mass is 9.43. The molecule has 0 aromatic heterocycles. The highest BCUT2D eigenvalue weighted by Crippen LogP contribution is 2.72. The van der Waals surface area contributed by atoms with Gasteiger partial charge in [-0.15, -0.1) is 0 Å². The summed E-state index contributed by atoms with van der Waals surface area (Å²) in [6.07, 6.45) is 18.2. The Morgan fingerprint density at radius 3 is 2.50 bits per heavy atom. The van der Waals surface area contributed by atoms with Gasteiger partial charge in [0.15, 0.2) is 0 Å². The molecule has 3 saturated carbocycles. The van der Waals surface area contributed by atoms with Crippen LogP contribution in [0.3, 0.4) is 0 Å². The molecular weight excluding hydrogens is 372 g/mol. The molecule has 10 atom stereocenters. The van der Waals surface area contributed by atoms with Gasteiger partial charge in [0.1, 0.15) is 11.2 Å². The van der Waals surface area contributed by atoms with E-state index in [1.54, 1.807) is 0 Å². The van der Waals surface area contributed by atoms with E-state index in [-0.39, 0.29) is 17.1 Å². The molecule has 2 aliphatic heterocycles. The fourth-order valence-corrected chi connectivity index (χ4v) is 8.64. The molecule has 6 rings (SSSR count). The third-order valence-corrected chi connectivity index (χ3v) is 10.7. The molecule has 1 saturated heterocycles. The lowest BCUT2D eigenvalue weighted by Gasteiger charge is -2.69. The zero-order chi connectivity index (χ0) is 21.4. The summed E-state index contributed by atoms with van der Waals surface area (Å²) in [5.41, 5.74) is -0.345. The van der Waals surface area contributed by atoms with Crippen LogP contribution in [0, 0.1) is 40.4 Å².